The molecule has 0 atom stereocenters. The van der Waals surface area contributed by atoms with E-state index in [9.17, 15) is 13.2 Å². The maximum absolute atomic E-state index is 13.4. The number of nitrogens with one attached hydrogen (secondary N) is 1. The molecular formula is C26H28N4O3S. The third-order valence-corrected chi connectivity index (χ3v) is 8.09. The molecule has 1 N–H and O–H groups in total. The van der Waals surface area contributed by atoms with E-state index in [0.717, 1.165) is 16.8 Å². The SMILES string of the molecule is CCN(CC)S(=O)(=O)c1cc(C(=O)Nc2c(-c3ccccc3)nc3c(C)cccn23)ccc1C. The molecule has 7 nitrogen and oxygen atoms in total. The molecular weight excluding hydrogens is 448 g/mol. The number of imidazole rings is 1. The van der Waals surface area contributed by atoms with Gasteiger partial charge in [-0.25, -0.2) is 13.4 Å². The Balaban J connectivity index is 1.79. The van der Waals surface area contributed by atoms with Gasteiger partial charge in [0.1, 0.15) is 17.2 Å². The summed E-state index contributed by atoms with van der Waals surface area (Å²) in [7, 11) is -3.71. The number of nitrogens with zero attached hydrogens (tertiary/aromatic N) is 3. The lowest BCUT2D eigenvalue weighted by molar-refractivity contribution is 0.102. The van der Waals surface area contributed by atoms with Crippen molar-refractivity contribution in [2.75, 3.05) is 18.4 Å². The lowest BCUT2D eigenvalue weighted by Gasteiger charge is -2.20. The fourth-order valence-corrected chi connectivity index (χ4v) is 5.73. The molecule has 0 saturated heterocycles. The van der Waals surface area contributed by atoms with Gasteiger partial charge < -0.3 is 5.32 Å². The van der Waals surface area contributed by atoms with E-state index in [2.05, 4.69) is 5.32 Å². The Morgan fingerprint density at radius 1 is 0.971 bits per heavy atom. The summed E-state index contributed by atoms with van der Waals surface area (Å²) in [5.41, 5.74) is 4.09. The number of anilines is 1. The Hall–Kier alpha value is -3.49. The molecule has 4 rings (SSSR count). The van der Waals surface area contributed by atoms with Crippen molar-refractivity contribution in [2.45, 2.75) is 32.6 Å². The number of hydrogen-bond donors (Lipinski definition) is 1. The van der Waals surface area contributed by atoms with Gasteiger partial charge in [0.2, 0.25) is 10.0 Å². The van der Waals surface area contributed by atoms with Crippen molar-refractivity contribution in [3.63, 3.8) is 0 Å². The molecule has 0 saturated carbocycles. The highest BCUT2D eigenvalue weighted by Crippen LogP contribution is 2.30. The molecule has 176 valence electrons. The second-order valence-corrected chi connectivity index (χ2v) is 9.99. The highest BCUT2D eigenvalue weighted by Gasteiger charge is 2.25. The molecule has 0 aliphatic carbocycles. The number of aryl methyl sites for hydroxylation is 2. The predicted molar refractivity (Wildman–Crippen MR) is 135 cm³/mol. The van der Waals surface area contributed by atoms with E-state index in [1.807, 2.05) is 60.0 Å². The summed E-state index contributed by atoms with van der Waals surface area (Å²) in [6.07, 6.45) is 1.85. The van der Waals surface area contributed by atoms with Crippen LogP contribution in [-0.2, 0) is 10.0 Å². The summed E-state index contributed by atoms with van der Waals surface area (Å²) in [5, 5.41) is 2.98. The lowest BCUT2D eigenvalue weighted by Crippen LogP contribution is -2.31. The molecule has 0 spiro atoms. The third kappa shape index (κ3) is 4.22. The van der Waals surface area contributed by atoms with Gasteiger partial charge in [-0.05, 0) is 43.2 Å². The zero-order valence-electron chi connectivity index (χ0n) is 19.7. The molecule has 2 aromatic carbocycles. The number of fused-ring (bicyclic) bond motifs is 1. The number of benzene rings is 2. The molecule has 8 heteroatoms. The fraction of sp³-hybridized carbons (Fsp3) is 0.231. The average molecular weight is 477 g/mol. The minimum atomic E-state index is -3.71. The number of carbonyl (C=O) groups is 1. The maximum atomic E-state index is 13.4. The van der Waals surface area contributed by atoms with Gasteiger partial charge >= 0.3 is 0 Å². The zero-order valence-corrected chi connectivity index (χ0v) is 20.6. The van der Waals surface area contributed by atoms with Crippen molar-refractivity contribution >= 4 is 27.4 Å². The van der Waals surface area contributed by atoms with Crippen LogP contribution in [0.25, 0.3) is 16.9 Å². The first-order valence-electron chi connectivity index (χ1n) is 11.2. The molecule has 0 aliphatic heterocycles. The number of hydrogen-bond acceptors (Lipinski definition) is 4. The van der Waals surface area contributed by atoms with Crippen LogP contribution in [0.1, 0.15) is 35.3 Å². The number of rotatable bonds is 7. The van der Waals surface area contributed by atoms with Gasteiger partial charge in [-0.1, -0.05) is 56.3 Å². The largest absolute Gasteiger partial charge is 0.306 e. The van der Waals surface area contributed by atoms with Gasteiger partial charge in [-0.15, -0.1) is 0 Å². The van der Waals surface area contributed by atoms with Gasteiger partial charge in [0.05, 0.1) is 4.90 Å². The Bertz CT molecular complexity index is 1460. The Kier molecular flexibility index (Phi) is 6.54. The van der Waals surface area contributed by atoms with E-state index in [1.54, 1.807) is 32.9 Å². The van der Waals surface area contributed by atoms with Crippen LogP contribution in [0.2, 0.25) is 0 Å². The van der Waals surface area contributed by atoms with Crippen molar-refractivity contribution in [1.29, 1.82) is 0 Å². The van der Waals surface area contributed by atoms with Crippen molar-refractivity contribution < 1.29 is 13.2 Å². The fourth-order valence-electron chi connectivity index (χ4n) is 4.02. The van der Waals surface area contributed by atoms with Crippen molar-refractivity contribution in [1.82, 2.24) is 13.7 Å². The Morgan fingerprint density at radius 3 is 2.35 bits per heavy atom. The number of aromatic nitrogens is 2. The smallest absolute Gasteiger partial charge is 0.256 e. The van der Waals surface area contributed by atoms with Gasteiger partial charge in [0.25, 0.3) is 5.91 Å². The quantitative estimate of drug-likeness (QED) is 0.411. The van der Waals surface area contributed by atoms with Gasteiger partial charge in [0.15, 0.2) is 0 Å². The van der Waals surface area contributed by atoms with Crippen LogP contribution in [-0.4, -0.2) is 41.1 Å². The number of sulfonamides is 1. The van der Waals surface area contributed by atoms with E-state index in [0.29, 0.717) is 30.2 Å². The van der Waals surface area contributed by atoms with Gasteiger partial charge in [-0.2, -0.15) is 4.31 Å². The molecule has 2 heterocycles. The average Bonchev–Trinajstić information content (AvgIpc) is 3.20. The lowest BCUT2D eigenvalue weighted by atomic mass is 10.1. The van der Waals surface area contributed by atoms with Crippen LogP contribution in [0.4, 0.5) is 5.82 Å². The standard InChI is InChI=1S/C26H28N4O3S/c1-5-29(6-2)34(32,33)22-17-21(15-14-18(22)3)26(31)28-25-23(20-12-8-7-9-13-20)27-24-19(4)11-10-16-30(24)25/h7-17H,5-6H2,1-4H3,(H,28,31). The molecule has 1 amide bonds. The highest BCUT2D eigenvalue weighted by molar-refractivity contribution is 7.89. The summed E-state index contributed by atoms with van der Waals surface area (Å²) in [5.74, 6) is 0.125. The van der Waals surface area contributed by atoms with Gasteiger partial charge in [0, 0.05) is 30.4 Å². The second-order valence-electron chi connectivity index (χ2n) is 8.08. The van der Waals surface area contributed by atoms with Crippen LogP contribution >= 0.6 is 0 Å². The zero-order chi connectivity index (χ0) is 24.5. The first-order chi connectivity index (χ1) is 16.3. The summed E-state index contributed by atoms with van der Waals surface area (Å²) < 4.78 is 29.5. The van der Waals surface area contributed by atoms with Crippen LogP contribution in [0.5, 0.6) is 0 Å². The number of carbonyl (C=O) groups excluding carboxylic acids is 1. The molecule has 2 aromatic heterocycles. The molecule has 4 aromatic rings. The Morgan fingerprint density at radius 2 is 1.68 bits per heavy atom. The van der Waals surface area contributed by atoms with Crippen LogP contribution < -0.4 is 5.32 Å². The third-order valence-electron chi connectivity index (χ3n) is 5.90. The molecule has 0 fully saturated rings. The second kappa shape index (κ2) is 9.40. The molecule has 0 bridgehead atoms. The minimum absolute atomic E-state index is 0.140. The summed E-state index contributed by atoms with van der Waals surface area (Å²) in [4.78, 5) is 18.3. The van der Waals surface area contributed by atoms with E-state index < -0.39 is 15.9 Å². The summed E-state index contributed by atoms with van der Waals surface area (Å²) >= 11 is 0. The van der Waals surface area contributed by atoms with Crippen molar-refractivity contribution in [3.05, 3.63) is 83.6 Å². The van der Waals surface area contributed by atoms with E-state index in [1.165, 1.54) is 10.4 Å². The van der Waals surface area contributed by atoms with Crippen LogP contribution in [0, 0.1) is 13.8 Å². The topological polar surface area (TPSA) is 83.8 Å². The number of amides is 1. The van der Waals surface area contributed by atoms with E-state index >= 15 is 0 Å². The first kappa shape index (κ1) is 23.7. The number of pyridine rings is 1. The van der Waals surface area contributed by atoms with Crippen LogP contribution in [0.3, 0.4) is 0 Å². The van der Waals surface area contributed by atoms with E-state index in [-0.39, 0.29) is 10.5 Å². The summed E-state index contributed by atoms with van der Waals surface area (Å²) in [6.45, 7) is 8.01. The van der Waals surface area contributed by atoms with Gasteiger partial charge in [-0.3, -0.25) is 9.20 Å². The first-order valence-corrected chi connectivity index (χ1v) is 12.7. The predicted octanol–water partition coefficient (Wildman–Crippen LogP) is 4.90. The van der Waals surface area contributed by atoms with E-state index in [4.69, 9.17) is 4.98 Å². The molecule has 0 aliphatic rings. The Labute approximate surface area is 200 Å². The molecule has 34 heavy (non-hydrogen) atoms. The normalized spacial score (nSPS) is 11.8. The molecule has 0 radical (unpaired) electrons. The summed E-state index contributed by atoms with van der Waals surface area (Å²) in [6, 6.07) is 18.3. The minimum Gasteiger partial charge on any atom is -0.306 e. The van der Waals surface area contributed by atoms with Crippen LogP contribution in [0.15, 0.2) is 71.8 Å². The van der Waals surface area contributed by atoms with Crippen molar-refractivity contribution in [3.8, 4) is 11.3 Å². The monoisotopic (exact) mass is 476 g/mol. The molecule has 0 unspecified atom stereocenters. The maximum Gasteiger partial charge on any atom is 0.256 e. The highest BCUT2D eigenvalue weighted by atomic mass is 32.2. The van der Waals surface area contributed by atoms with Crippen molar-refractivity contribution in [2.24, 2.45) is 0 Å².